The third-order valence-electron chi connectivity index (χ3n) is 1.92. The van der Waals surface area contributed by atoms with Crippen molar-refractivity contribution >= 4 is 11.9 Å². The van der Waals surface area contributed by atoms with Crippen molar-refractivity contribution in [3.63, 3.8) is 0 Å². The Labute approximate surface area is 75.3 Å². The molecule has 0 bridgehead atoms. The van der Waals surface area contributed by atoms with E-state index in [2.05, 4.69) is 15.4 Å². The van der Waals surface area contributed by atoms with E-state index in [0.29, 0.717) is 0 Å². The Morgan fingerprint density at radius 1 is 1.31 bits per heavy atom. The molecule has 0 saturated carbocycles. The Balaban J connectivity index is 2.39. The molecule has 6 nitrogen and oxygen atoms in total. The molecule has 74 valence electrons. The number of carbonyl (C=O) groups excluding carboxylic acids is 1. The van der Waals surface area contributed by atoms with Crippen molar-refractivity contribution in [3.05, 3.63) is 0 Å². The Hall–Kier alpha value is -1.14. The van der Waals surface area contributed by atoms with E-state index in [0.717, 1.165) is 0 Å². The van der Waals surface area contributed by atoms with E-state index in [4.69, 9.17) is 5.11 Å². The Morgan fingerprint density at radius 3 is 2.23 bits per heavy atom. The first-order valence-electron chi connectivity index (χ1n) is 3.92. The van der Waals surface area contributed by atoms with Gasteiger partial charge in [-0.05, 0) is 0 Å². The summed E-state index contributed by atoms with van der Waals surface area (Å²) in [6.45, 7) is 0.513. The van der Waals surface area contributed by atoms with Gasteiger partial charge in [0.2, 0.25) is 0 Å². The minimum absolute atomic E-state index is 0.231. The zero-order chi connectivity index (χ0) is 9.84. The number of esters is 1. The van der Waals surface area contributed by atoms with Crippen LogP contribution in [0.15, 0.2) is 0 Å². The van der Waals surface area contributed by atoms with Gasteiger partial charge in [-0.25, -0.2) is 0 Å². The lowest BCUT2D eigenvalue weighted by atomic mass is 10.1. The van der Waals surface area contributed by atoms with Crippen LogP contribution in [0.3, 0.4) is 0 Å². The first-order valence-corrected chi connectivity index (χ1v) is 3.92. The van der Waals surface area contributed by atoms with Crippen molar-refractivity contribution in [2.45, 2.75) is 12.1 Å². The highest BCUT2D eigenvalue weighted by molar-refractivity contribution is 5.78. The normalized spacial score (nSPS) is 28.1. The molecule has 3 N–H and O–H groups in total. The molecule has 1 saturated heterocycles. The van der Waals surface area contributed by atoms with Crippen molar-refractivity contribution in [3.8, 4) is 0 Å². The number of rotatable bonds is 2. The molecule has 1 aliphatic heterocycles. The molecule has 0 amide bonds. The van der Waals surface area contributed by atoms with Crippen molar-refractivity contribution < 1.29 is 19.4 Å². The summed E-state index contributed by atoms with van der Waals surface area (Å²) >= 11 is 0. The van der Waals surface area contributed by atoms with E-state index in [9.17, 15) is 9.59 Å². The van der Waals surface area contributed by atoms with Crippen molar-refractivity contribution in [1.82, 2.24) is 10.6 Å². The molecule has 0 aromatic rings. The van der Waals surface area contributed by atoms with E-state index in [1.807, 2.05) is 0 Å². The molecule has 1 rings (SSSR count). The fraction of sp³-hybridized carbons (Fsp3) is 0.714. The SMILES string of the molecule is COC(=O)C1CNC(C(=O)O)CN1. The summed E-state index contributed by atoms with van der Waals surface area (Å²) in [6.07, 6.45) is 0. The van der Waals surface area contributed by atoms with Crippen LogP contribution in [0.4, 0.5) is 0 Å². The first-order chi connectivity index (χ1) is 6.15. The minimum atomic E-state index is -0.921. The average Bonchev–Trinajstić information content (AvgIpc) is 2.17. The number of methoxy groups -OCH3 is 1. The van der Waals surface area contributed by atoms with Crippen molar-refractivity contribution in [1.29, 1.82) is 0 Å². The molecule has 0 spiro atoms. The fourth-order valence-electron chi connectivity index (χ4n) is 1.15. The Bertz CT molecular complexity index is 211. The molecule has 6 heteroatoms. The van der Waals surface area contributed by atoms with Gasteiger partial charge in [-0.3, -0.25) is 9.59 Å². The van der Waals surface area contributed by atoms with Gasteiger partial charge in [0, 0.05) is 13.1 Å². The van der Waals surface area contributed by atoms with Gasteiger partial charge in [0.15, 0.2) is 0 Å². The number of ether oxygens (including phenoxy) is 1. The topological polar surface area (TPSA) is 87.7 Å². The van der Waals surface area contributed by atoms with Crippen LogP contribution in [0.5, 0.6) is 0 Å². The lowest BCUT2D eigenvalue weighted by Crippen LogP contribution is -2.59. The van der Waals surface area contributed by atoms with E-state index in [-0.39, 0.29) is 19.1 Å². The van der Waals surface area contributed by atoms with Gasteiger partial charge in [0.25, 0.3) is 0 Å². The highest BCUT2D eigenvalue weighted by atomic mass is 16.5. The van der Waals surface area contributed by atoms with Crippen molar-refractivity contribution in [2.75, 3.05) is 20.2 Å². The van der Waals surface area contributed by atoms with Gasteiger partial charge in [0.1, 0.15) is 12.1 Å². The molecule has 0 aromatic heterocycles. The number of carboxylic acid groups (broad SMARTS) is 1. The molecular formula is C7H12N2O4. The summed E-state index contributed by atoms with van der Waals surface area (Å²) in [5.41, 5.74) is 0. The monoisotopic (exact) mass is 188 g/mol. The molecule has 13 heavy (non-hydrogen) atoms. The molecule has 1 fully saturated rings. The number of nitrogens with one attached hydrogen (secondary N) is 2. The van der Waals surface area contributed by atoms with Gasteiger partial charge in [0.05, 0.1) is 7.11 Å². The standard InChI is InChI=1S/C7H12N2O4/c1-13-7(12)5-3-8-4(2-9-5)6(10)11/h4-5,8-9H,2-3H2,1H3,(H,10,11). The lowest BCUT2D eigenvalue weighted by molar-refractivity contribution is -0.146. The quantitative estimate of drug-likeness (QED) is 0.442. The third kappa shape index (κ3) is 2.40. The molecular weight excluding hydrogens is 176 g/mol. The smallest absolute Gasteiger partial charge is 0.324 e. The number of aliphatic carboxylic acids is 1. The van der Waals surface area contributed by atoms with Crippen LogP contribution in [0.25, 0.3) is 0 Å². The summed E-state index contributed by atoms with van der Waals surface area (Å²) in [5.74, 6) is -1.30. The van der Waals surface area contributed by atoms with Crippen LogP contribution in [-0.2, 0) is 14.3 Å². The van der Waals surface area contributed by atoms with Crippen LogP contribution in [-0.4, -0.2) is 49.3 Å². The molecule has 2 unspecified atom stereocenters. The predicted octanol–water partition coefficient (Wildman–Crippen LogP) is -1.83. The van der Waals surface area contributed by atoms with Gasteiger partial charge >= 0.3 is 11.9 Å². The first kappa shape index (κ1) is 9.94. The molecule has 0 aliphatic carbocycles. The third-order valence-corrected chi connectivity index (χ3v) is 1.92. The molecule has 0 aromatic carbocycles. The summed E-state index contributed by atoms with van der Waals surface area (Å²) < 4.78 is 4.50. The molecule has 1 heterocycles. The van der Waals surface area contributed by atoms with Crippen LogP contribution in [0.2, 0.25) is 0 Å². The number of hydrogen-bond donors (Lipinski definition) is 3. The Morgan fingerprint density at radius 2 is 1.85 bits per heavy atom. The van der Waals surface area contributed by atoms with Crippen LogP contribution in [0, 0.1) is 0 Å². The average molecular weight is 188 g/mol. The number of carboxylic acids is 1. The lowest BCUT2D eigenvalue weighted by Gasteiger charge is -2.26. The summed E-state index contributed by atoms with van der Waals surface area (Å²) in [7, 11) is 1.30. The van der Waals surface area contributed by atoms with E-state index >= 15 is 0 Å². The second kappa shape index (κ2) is 4.20. The van der Waals surface area contributed by atoms with Crippen LogP contribution in [0.1, 0.15) is 0 Å². The predicted molar refractivity (Wildman–Crippen MR) is 43.2 cm³/mol. The van der Waals surface area contributed by atoms with E-state index < -0.39 is 18.1 Å². The zero-order valence-corrected chi connectivity index (χ0v) is 7.24. The maximum absolute atomic E-state index is 11.0. The highest BCUT2D eigenvalue weighted by Gasteiger charge is 2.28. The van der Waals surface area contributed by atoms with E-state index in [1.54, 1.807) is 0 Å². The summed E-state index contributed by atoms with van der Waals surface area (Å²) in [5, 5.41) is 14.1. The van der Waals surface area contributed by atoms with Crippen LogP contribution >= 0.6 is 0 Å². The minimum Gasteiger partial charge on any atom is -0.480 e. The largest absolute Gasteiger partial charge is 0.480 e. The van der Waals surface area contributed by atoms with Crippen molar-refractivity contribution in [2.24, 2.45) is 0 Å². The van der Waals surface area contributed by atoms with Gasteiger partial charge < -0.3 is 20.5 Å². The molecule has 1 aliphatic rings. The second-order valence-electron chi connectivity index (χ2n) is 2.78. The molecule has 2 atom stereocenters. The highest BCUT2D eigenvalue weighted by Crippen LogP contribution is 1.95. The Kier molecular flexibility index (Phi) is 3.21. The number of hydrogen-bond acceptors (Lipinski definition) is 5. The van der Waals surface area contributed by atoms with E-state index in [1.165, 1.54) is 7.11 Å². The fourth-order valence-corrected chi connectivity index (χ4v) is 1.15. The van der Waals surface area contributed by atoms with Gasteiger partial charge in [-0.2, -0.15) is 0 Å². The number of carbonyl (C=O) groups is 2. The van der Waals surface area contributed by atoms with Gasteiger partial charge in [-0.1, -0.05) is 0 Å². The maximum atomic E-state index is 11.0. The van der Waals surface area contributed by atoms with Crippen LogP contribution < -0.4 is 10.6 Å². The molecule has 0 radical (unpaired) electrons. The maximum Gasteiger partial charge on any atom is 0.324 e. The zero-order valence-electron chi connectivity index (χ0n) is 7.24. The number of piperazine rings is 1. The second-order valence-corrected chi connectivity index (χ2v) is 2.78. The van der Waals surface area contributed by atoms with Gasteiger partial charge in [-0.15, -0.1) is 0 Å². The summed E-state index contributed by atoms with van der Waals surface area (Å²) in [4.78, 5) is 21.5. The summed E-state index contributed by atoms with van der Waals surface area (Å²) in [6, 6.07) is -1.07.